The molecule has 6 heteroatoms. The fraction of sp³-hybridized carbons (Fsp3) is 0.200. The molecular formula is C15H16N4O2. The Morgan fingerprint density at radius 3 is 2.67 bits per heavy atom. The highest BCUT2D eigenvalue weighted by Crippen LogP contribution is 2.37. The van der Waals surface area contributed by atoms with Gasteiger partial charge in [-0.05, 0) is 37.1 Å². The van der Waals surface area contributed by atoms with E-state index in [0.717, 1.165) is 12.8 Å². The summed E-state index contributed by atoms with van der Waals surface area (Å²) in [4.78, 5) is 23.5. The van der Waals surface area contributed by atoms with Crippen molar-refractivity contribution in [3.8, 4) is 0 Å². The van der Waals surface area contributed by atoms with Crippen LogP contribution < -0.4 is 16.8 Å². The van der Waals surface area contributed by atoms with E-state index in [2.05, 4.69) is 5.32 Å². The van der Waals surface area contributed by atoms with Crippen molar-refractivity contribution in [2.24, 2.45) is 5.73 Å². The minimum atomic E-state index is -0.531. The molecule has 0 unspecified atom stereocenters. The van der Waals surface area contributed by atoms with Gasteiger partial charge in [-0.25, -0.2) is 0 Å². The van der Waals surface area contributed by atoms with Crippen LogP contribution in [0.4, 0.5) is 11.4 Å². The van der Waals surface area contributed by atoms with Crippen LogP contribution >= 0.6 is 0 Å². The fourth-order valence-electron chi connectivity index (χ4n) is 2.28. The van der Waals surface area contributed by atoms with Crippen molar-refractivity contribution in [1.82, 2.24) is 4.57 Å². The predicted octanol–water partition coefficient (Wildman–Crippen LogP) is 1.76. The maximum absolute atomic E-state index is 12.4. The van der Waals surface area contributed by atoms with E-state index < -0.39 is 5.91 Å². The second-order valence-corrected chi connectivity index (χ2v) is 5.20. The number of hydrogen-bond donors (Lipinski definition) is 3. The van der Waals surface area contributed by atoms with E-state index in [1.165, 1.54) is 0 Å². The molecule has 1 aromatic carbocycles. The van der Waals surface area contributed by atoms with Gasteiger partial charge in [0.05, 0.1) is 5.69 Å². The van der Waals surface area contributed by atoms with Crippen molar-refractivity contribution in [2.45, 2.75) is 18.9 Å². The Morgan fingerprint density at radius 2 is 2.00 bits per heavy atom. The molecule has 0 radical (unpaired) electrons. The average Bonchev–Trinajstić information content (AvgIpc) is 3.21. The van der Waals surface area contributed by atoms with E-state index in [1.807, 2.05) is 4.57 Å². The first-order chi connectivity index (χ1) is 10.0. The number of rotatable bonds is 4. The van der Waals surface area contributed by atoms with Crippen molar-refractivity contribution in [2.75, 3.05) is 11.1 Å². The van der Waals surface area contributed by atoms with Crippen molar-refractivity contribution in [3.05, 3.63) is 47.8 Å². The Bertz CT molecular complexity index is 716. The van der Waals surface area contributed by atoms with Gasteiger partial charge in [-0.15, -0.1) is 0 Å². The molecule has 1 aliphatic carbocycles. The third kappa shape index (κ3) is 2.74. The molecule has 3 rings (SSSR count). The van der Waals surface area contributed by atoms with E-state index in [1.54, 1.807) is 36.5 Å². The summed E-state index contributed by atoms with van der Waals surface area (Å²) in [5, 5.41) is 2.77. The lowest BCUT2D eigenvalue weighted by molar-refractivity contribution is 0.0994. The lowest BCUT2D eigenvalue weighted by atomic mass is 10.2. The zero-order valence-corrected chi connectivity index (χ0v) is 11.4. The van der Waals surface area contributed by atoms with Gasteiger partial charge in [0.25, 0.3) is 5.91 Å². The third-order valence-electron chi connectivity index (χ3n) is 3.45. The second kappa shape index (κ2) is 4.97. The van der Waals surface area contributed by atoms with Crippen LogP contribution in [0.3, 0.4) is 0 Å². The molecule has 0 atom stereocenters. The number of nitrogens with one attached hydrogen (secondary N) is 1. The van der Waals surface area contributed by atoms with Crippen LogP contribution in [0.25, 0.3) is 0 Å². The van der Waals surface area contributed by atoms with E-state index in [0.29, 0.717) is 28.7 Å². The number of aromatic nitrogens is 1. The summed E-state index contributed by atoms with van der Waals surface area (Å²) in [6, 6.07) is 8.55. The minimum absolute atomic E-state index is 0.250. The molecule has 2 amide bonds. The minimum Gasteiger partial charge on any atom is -0.397 e. The molecule has 1 fully saturated rings. The summed E-state index contributed by atoms with van der Waals surface area (Å²) in [5.41, 5.74) is 13.0. The summed E-state index contributed by atoms with van der Waals surface area (Å²) in [6.07, 6.45) is 3.91. The molecular weight excluding hydrogens is 268 g/mol. The summed E-state index contributed by atoms with van der Waals surface area (Å²) in [7, 11) is 0. The van der Waals surface area contributed by atoms with Crippen LogP contribution in [0.1, 0.15) is 39.7 Å². The topological polar surface area (TPSA) is 103 Å². The van der Waals surface area contributed by atoms with Gasteiger partial charge in [-0.1, -0.05) is 6.07 Å². The van der Waals surface area contributed by atoms with Crippen molar-refractivity contribution >= 4 is 23.2 Å². The van der Waals surface area contributed by atoms with Crippen LogP contribution in [0, 0.1) is 0 Å². The maximum Gasteiger partial charge on any atom is 0.272 e. The van der Waals surface area contributed by atoms with Gasteiger partial charge in [-0.2, -0.15) is 0 Å². The smallest absolute Gasteiger partial charge is 0.272 e. The Labute approximate surface area is 121 Å². The van der Waals surface area contributed by atoms with Gasteiger partial charge < -0.3 is 21.4 Å². The van der Waals surface area contributed by atoms with Gasteiger partial charge in [0.2, 0.25) is 5.91 Å². The Kier molecular flexibility index (Phi) is 3.13. The highest BCUT2D eigenvalue weighted by molar-refractivity contribution is 6.04. The zero-order chi connectivity index (χ0) is 15.0. The Balaban J connectivity index is 1.83. The number of amides is 2. The number of anilines is 2. The molecule has 1 aromatic heterocycles. The molecule has 0 bridgehead atoms. The maximum atomic E-state index is 12.4. The number of carbonyl (C=O) groups excluding carboxylic acids is 2. The fourth-order valence-corrected chi connectivity index (χ4v) is 2.28. The standard InChI is InChI=1S/C15H16N4O2/c16-10-7-13(19(8-10)12-4-5-12)15(21)18-11-3-1-2-9(6-11)14(17)20/h1-3,6-8,12H,4-5,16H2,(H2,17,20)(H,18,21). The summed E-state index contributed by atoms with van der Waals surface area (Å²) in [5.74, 6) is -0.781. The summed E-state index contributed by atoms with van der Waals surface area (Å²) in [6.45, 7) is 0. The number of primary amides is 1. The first-order valence-electron chi connectivity index (χ1n) is 6.73. The van der Waals surface area contributed by atoms with Gasteiger partial charge in [0.1, 0.15) is 5.69 Å². The predicted molar refractivity (Wildman–Crippen MR) is 80.0 cm³/mol. The largest absolute Gasteiger partial charge is 0.397 e. The highest BCUT2D eigenvalue weighted by Gasteiger charge is 2.27. The lowest BCUT2D eigenvalue weighted by Gasteiger charge is -2.09. The zero-order valence-electron chi connectivity index (χ0n) is 11.4. The van der Waals surface area contributed by atoms with Crippen LogP contribution in [-0.4, -0.2) is 16.4 Å². The third-order valence-corrected chi connectivity index (χ3v) is 3.45. The summed E-state index contributed by atoms with van der Waals surface area (Å²) < 4.78 is 1.91. The molecule has 108 valence electrons. The SMILES string of the molecule is NC(=O)c1cccc(NC(=O)c2cc(N)cn2C2CC2)c1. The van der Waals surface area contributed by atoms with Crippen LogP contribution in [-0.2, 0) is 0 Å². The van der Waals surface area contributed by atoms with Crippen molar-refractivity contribution < 1.29 is 9.59 Å². The number of benzene rings is 1. The molecule has 0 aliphatic heterocycles. The lowest BCUT2D eigenvalue weighted by Crippen LogP contribution is -2.17. The Morgan fingerprint density at radius 1 is 1.24 bits per heavy atom. The molecule has 0 saturated heterocycles. The molecule has 1 aliphatic rings. The van der Waals surface area contributed by atoms with Crippen LogP contribution in [0.5, 0.6) is 0 Å². The number of nitrogen functional groups attached to an aromatic ring is 1. The van der Waals surface area contributed by atoms with Gasteiger partial charge in [-0.3, -0.25) is 9.59 Å². The average molecular weight is 284 g/mol. The van der Waals surface area contributed by atoms with E-state index in [4.69, 9.17) is 11.5 Å². The van der Waals surface area contributed by atoms with Crippen LogP contribution in [0.15, 0.2) is 36.5 Å². The molecule has 2 aromatic rings. The molecule has 6 nitrogen and oxygen atoms in total. The first kappa shape index (κ1) is 13.2. The molecule has 1 heterocycles. The summed E-state index contributed by atoms with van der Waals surface area (Å²) >= 11 is 0. The molecule has 21 heavy (non-hydrogen) atoms. The van der Waals surface area contributed by atoms with Crippen molar-refractivity contribution in [1.29, 1.82) is 0 Å². The van der Waals surface area contributed by atoms with Gasteiger partial charge in [0, 0.05) is 23.5 Å². The number of carbonyl (C=O) groups is 2. The Hall–Kier alpha value is -2.76. The number of hydrogen-bond acceptors (Lipinski definition) is 3. The normalized spacial score (nSPS) is 13.9. The monoisotopic (exact) mass is 284 g/mol. The first-order valence-corrected chi connectivity index (χ1v) is 6.73. The van der Waals surface area contributed by atoms with Crippen molar-refractivity contribution in [3.63, 3.8) is 0 Å². The van der Waals surface area contributed by atoms with Crippen LogP contribution in [0.2, 0.25) is 0 Å². The molecule has 0 spiro atoms. The van der Waals surface area contributed by atoms with E-state index in [9.17, 15) is 9.59 Å². The second-order valence-electron chi connectivity index (χ2n) is 5.20. The number of nitrogens with two attached hydrogens (primary N) is 2. The van der Waals surface area contributed by atoms with E-state index in [-0.39, 0.29) is 5.91 Å². The quantitative estimate of drug-likeness (QED) is 0.796. The van der Waals surface area contributed by atoms with Gasteiger partial charge >= 0.3 is 0 Å². The number of nitrogens with zero attached hydrogens (tertiary/aromatic N) is 1. The van der Waals surface area contributed by atoms with Gasteiger partial charge in [0.15, 0.2) is 0 Å². The molecule has 1 saturated carbocycles. The molecule has 5 N–H and O–H groups in total. The highest BCUT2D eigenvalue weighted by atomic mass is 16.2. The van der Waals surface area contributed by atoms with E-state index >= 15 is 0 Å².